The van der Waals surface area contributed by atoms with Crippen molar-refractivity contribution in [1.82, 2.24) is 0 Å². The summed E-state index contributed by atoms with van der Waals surface area (Å²) in [6.45, 7) is 0. The van der Waals surface area contributed by atoms with Crippen LogP contribution in [0.1, 0.15) is 0 Å². The van der Waals surface area contributed by atoms with Crippen molar-refractivity contribution in [3.63, 3.8) is 0 Å². The zero-order chi connectivity index (χ0) is 8.85. The second-order valence-electron chi connectivity index (χ2n) is 1.49. The Morgan fingerprint density at radius 1 is 1.55 bits per heavy atom. The molecule has 0 atom stereocenters. The molecule has 0 spiro atoms. The van der Waals surface area contributed by atoms with Crippen molar-refractivity contribution in [3.05, 3.63) is 22.1 Å². The summed E-state index contributed by atoms with van der Waals surface area (Å²) in [6, 6.07) is 0. The fraction of sp³-hybridized carbons (Fsp3) is 0.400. The van der Waals surface area contributed by atoms with Crippen LogP contribution in [0, 0.1) is 10.1 Å². The minimum atomic E-state index is -1.03. The van der Waals surface area contributed by atoms with E-state index in [9.17, 15) is 14.9 Å². The molecule has 0 aromatic heterocycles. The number of hydrogen-bond acceptors (Lipinski definition) is 5. The molecule has 0 heterocycles. The molecule has 6 nitrogen and oxygen atoms in total. The number of methoxy groups -OCH3 is 2. The van der Waals surface area contributed by atoms with E-state index in [-0.39, 0.29) is 0 Å². The maximum Gasteiger partial charge on any atom is 0.413 e. The van der Waals surface area contributed by atoms with Gasteiger partial charge in [-0.3, -0.25) is 10.1 Å². The Balaban J connectivity index is 4.48. The number of hydrogen-bond donors (Lipinski definition) is 0. The van der Waals surface area contributed by atoms with E-state index < -0.39 is 16.6 Å². The Bertz CT molecular complexity index is 197. The van der Waals surface area contributed by atoms with Gasteiger partial charge in [0.25, 0.3) is 0 Å². The van der Waals surface area contributed by atoms with E-state index in [1.54, 1.807) is 0 Å². The lowest BCUT2D eigenvalue weighted by molar-refractivity contribution is -0.422. The lowest BCUT2D eigenvalue weighted by Gasteiger charge is -1.94. The van der Waals surface area contributed by atoms with Gasteiger partial charge in [0.15, 0.2) is 6.26 Å². The van der Waals surface area contributed by atoms with Crippen LogP contribution in [0.25, 0.3) is 0 Å². The minimum Gasteiger partial charge on any atom is -0.497 e. The molecule has 0 aliphatic carbocycles. The highest BCUT2D eigenvalue weighted by Gasteiger charge is 2.22. The van der Waals surface area contributed by atoms with Gasteiger partial charge in [0.2, 0.25) is 0 Å². The first-order valence-electron chi connectivity index (χ1n) is 2.59. The van der Waals surface area contributed by atoms with Crippen LogP contribution in [0.4, 0.5) is 0 Å². The second kappa shape index (κ2) is 4.26. The molecule has 6 heteroatoms. The maximum atomic E-state index is 10.5. The Labute approximate surface area is 62.6 Å². The Hall–Kier alpha value is -1.59. The van der Waals surface area contributed by atoms with Crippen LogP contribution in [0.2, 0.25) is 0 Å². The van der Waals surface area contributed by atoms with Crippen LogP contribution in [-0.4, -0.2) is 25.1 Å². The summed E-state index contributed by atoms with van der Waals surface area (Å²) in [4.78, 5) is 19.7. The highest BCUT2D eigenvalue weighted by Crippen LogP contribution is 1.97. The van der Waals surface area contributed by atoms with Crippen LogP contribution in [0.5, 0.6) is 0 Å². The quantitative estimate of drug-likeness (QED) is 0.190. The molecule has 0 rings (SSSR count). The van der Waals surface area contributed by atoms with Gasteiger partial charge in [0.1, 0.15) is 0 Å². The van der Waals surface area contributed by atoms with E-state index in [1.807, 2.05) is 0 Å². The summed E-state index contributed by atoms with van der Waals surface area (Å²) in [6.07, 6.45) is 0.714. The number of esters is 1. The van der Waals surface area contributed by atoms with Crippen molar-refractivity contribution in [2.75, 3.05) is 14.2 Å². The van der Waals surface area contributed by atoms with E-state index in [4.69, 9.17) is 0 Å². The van der Waals surface area contributed by atoms with Crippen molar-refractivity contribution in [2.24, 2.45) is 0 Å². The predicted octanol–water partition coefficient (Wildman–Crippen LogP) is -0.0761. The maximum absolute atomic E-state index is 10.5. The summed E-state index contributed by atoms with van der Waals surface area (Å²) >= 11 is 0. The largest absolute Gasteiger partial charge is 0.497 e. The smallest absolute Gasteiger partial charge is 0.413 e. The fourth-order valence-corrected chi connectivity index (χ4v) is 0.382. The SMILES string of the molecule is CO/C=C(\C(=O)OC)[N+](=O)[O-]. The molecular weight excluding hydrogens is 154 g/mol. The van der Waals surface area contributed by atoms with E-state index in [1.165, 1.54) is 7.11 Å². The van der Waals surface area contributed by atoms with E-state index >= 15 is 0 Å². The lowest BCUT2D eigenvalue weighted by atomic mass is 10.5. The molecule has 0 unspecified atom stereocenters. The van der Waals surface area contributed by atoms with Crippen molar-refractivity contribution in [3.8, 4) is 0 Å². The molecular formula is C5H7NO5. The Kier molecular flexibility index (Phi) is 3.65. The van der Waals surface area contributed by atoms with Crippen LogP contribution >= 0.6 is 0 Å². The number of carbonyl (C=O) groups excluding carboxylic acids is 1. The third kappa shape index (κ3) is 2.65. The standard InChI is InChI=1S/C5H7NO5/c1-10-3-4(6(8)9)5(7)11-2/h3H,1-2H3/b4-3+. The van der Waals surface area contributed by atoms with Gasteiger partial charge in [0, 0.05) is 0 Å². The van der Waals surface area contributed by atoms with Crippen LogP contribution < -0.4 is 0 Å². The zero-order valence-corrected chi connectivity index (χ0v) is 6.07. The average molecular weight is 161 g/mol. The molecule has 0 N–H and O–H groups in total. The third-order valence-electron chi connectivity index (χ3n) is 0.821. The number of nitrogens with zero attached hydrogens (tertiary/aromatic N) is 1. The number of nitro groups is 1. The van der Waals surface area contributed by atoms with Crippen molar-refractivity contribution in [1.29, 1.82) is 0 Å². The molecule has 62 valence electrons. The summed E-state index contributed by atoms with van der Waals surface area (Å²) in [5.74, 6) is -1.03. The first-order valence-corrected chi connectivity index (χ1v) is 2.59. The molecule has 0 saturated heterocycles. The minimum absolute atomic E-state index is 0.714. The van der Waals surface area contributed by atoms with E-state index in [0.29, 0.717) is 6.26 Å². The van der Waals surface area contributed by atoms with Gasteiger partial charge < -0.3 is 9.47 Å². The molecule has 0 bridgehead atoms. The fourth-order valence-electron chi connectivity index (χ4n) is 0.382. The zero-order valence-electron chi connectivity index (χ0n) is 6.07. The number of ether oxygens (including phenoxy) is 2. The Morgan fingerprint density at radius 3 is 2.36 bits per heavy atom. The van der Waals surface area contributed by atoms with E-state index in [0.717, 1.165) is 7.11 Å². The summed E-state index contributed by atoms with van der Waals surface area (Å²) in [5.41, 5.74) is -0.727. The van der Waals surface area contributed by atoms with Crippen LogP contribution in [-0.2, 0) is 14.3 Å². The van der Waals surface area contributed by atoms with Crippen LogP contribution in [0.3, 0.4) is 0 Å². The van der Waals surface area contributed by atoms with Gasteiger partial charge in [-0.15, -0.1) is 0 Å². The van der Waals surface area contributed by atoms with Crippen molar-refractivity contribution in [2.45, 2.75) is 0 Å². The molecule has 0 fully saturated rings. The highest BCUT2D eigenvalue weighted by molar-refractivity contribution is 5.85. The van der Waals surface area contributed by atoms with Gasteiger partial charge in [-0.05, 0) is 0 Å². The molecule has 11 heavy (non-hydrogen) atoms. The first kappa shape index (κ1) is 9.41. The predicted molar refractivity (Wildman–Crippen MR) is 34.1 cm³/mol. The second-order valence-corrected chi connectivity index (χ2v) is 1.49. The van der Waals surface area contributed by atoms with Crippen molar-refractivity contribution >= 4 is 5.97 Å². The monoisotopic (exact) mass is 161 g/mol. The van der Waals surface area contributed by atoms with E-state index in [2.05, 4.69) is 9.47 Å². The number of carbonyl (C=O) groups is 1. The molecule has 0 aliphatic rings. The molecule has 0 amide bonds. The molecule has 0 aromatic rings. The topological polar surface area (TPSA) is 78.7 Å². The van der Waals surface area contributed by atoms with Crippen LogP contribution in [0.15, 0.2) is 12.0 Å². The third-order valence-corrected chi connectivity index (χ3v) is 0.821. The molecule has 0 aromatic carbocycles. The lowest BCUT2D eigenvalue weighted by Crippen LogP contribution is -2.13. The number of rotatable bonds is 3. The first-order chi connectivity index (χ1) is 5.13. The van der Waals surface area contributed by atoms with Gasteiger partial charge in [-0.1, -0.05) is 0 Å². The van der Waals surface area contributed by atoms with Crippen molar-refractivity contribution < 1.29 is 19.2 Å². The van der Waals surface area contributed by atoms with Gasteiger partial charge in [-0.25, -0.2) is 4.79 Å². The molecule has 0 aliphatic heterocycles. The van der Waals surface area contributed by atoms with Gasteiger partial charge >= 0.3 is 11.7 Å². The normalized spacial score (nSPS) is 10.5. The van der Waals surface area contributed by atoms with Gasteiger partial charge in [-0.2, -0.15) is 0 Å². The molecule has 0 radical (unpaired) electrons. The summed E-state index contributed by atoms with van der Waals surface area (Å²) in [5, 5.41) is 10.0. The summed E-state index contributed by atoms with van der Waals surface area (Å²) < 4.78 is 8.38. The summed E-state index contributed by atoms with van der Waals surface area (Å²) in [7, 11) is 2.25. The molecule has 0 saturated carbocycles. The average Bonchev–Trinajstić information content (AvgIpc) is 1.98. The highest BCUT2D eigenvalue weighted by atomic mass is 16.6. The van der Waals surface area contributed by atoms with Gasteiger partial charge in [0.05, 0.1) is 19.1 Å². The Morgan fingerprint density at radius 2 is 2.09 bits per heavy atom.